The Balaban J connectivity index is 1.15. The van der Waals surface area contributed by atoms with Crippen molar-refractivity contribution < 1.29 is 237 Å². The Morgan fingerprint density at radius 2 is 0.257 bits per heavy atom. The molecule has 0 aromatic heterocycles. The number of rotatable bonds is 40. The van der Waals surface area contributed by atoms with Crippen molar-refractivity contribution in [2.24, 2.45) is 47.3 Å². The first-order valence-electron chi connectivity index (χ1n) is 43.8. The molecule has 0 aromatic rings. The van der Waals surface area contributed by atoms with Crippen LogP contribution in [0.5, 0.6) is 0 Å². The molecule has 0 radical (unpaired) electrons. The van der Waals surface area contributed by atoms with Gasteiger partial charge in [-0.25, -0.2) is 0 Å². The first-order chi connectivity index (χ1) is 64.0. The first kappa shape index (κ1) is 117. The maximum absolute atomic E-state index is 12.4. The maximum Gasteiger partial charge on any atom is 0.307 e. The third-order valence-corrected chi connectivity index (χ3v) is 34.4. The predicted molar refractivity (Wildman–Crippen MR) is 477 cm³/mol. The lowest BCUT2D eigenvalue weighted by atomic mass is 9.95. The number of hydrogen-bond acceptors (Lipinski definition) is 48. The lowest BCUT2D eigenvalue weighted by molar-refractivity contribution is -0.396. The molecule has 56 heteroatoms. The minimum Gasteiger partial charge on any atom is -0.481 e. The standard InChI is InChI=1S/C80H128O48S8/c1-25(65(97)98)9-129-17-33-57-41(81)49(89)73(113-33)122-58-34(18-130-10-26(2)66(99)100)115-75(51(91)43(58)83)124-60-36(20-132-12-28(4)68(103)104)117-77(53(93)45(60)85)126-62-38(22-134-14-30(6)70(107)108)119-79(55(95)47(62)87)128-64-40(24-136-16-32(8)72(111)112)120-80(56(96)48(64)88)127-63-39(23-135-15-31(7)71(109)110)118-78(54(94)46(63)86)125-61-37(21-133-13-29(5)69(105)106)116-76(52(92)44(61)84)123-59-35(19-131-11-27(3)67(101)102)114-74(121-57)50(90)42(59)82/h25-64,73-96H,9-24H2,1-8H3,(H,97,98)(H,99,100)(H,101,102)(H,103,104)(H,105,106)(H,107,108)(H,109,110)(H,111,112)/t25?,26?,27?,28?,29?,30?,31?,32?,33-,34-,35-,36-,37-,38+,39+,40+,41-,42-,43-,44-,45-,46-,47-,48-,49-,50-,51+,52-,53-,54-,55-,56-,57-,58-,59-,60-,61-,62-,63-,64-,73-,74-,75-,76-,77-,78-,79-,80-/m1/s1. The van der Waals surface area contributed by atoms with Crippen LogP contribution in [0.4, 0.5) is 0 Å². The van der Waals surface area contributed by atoms with Gasteiger partial charge in [0.1, 0.15) is 146 Å². The summed E-state index contributed by atoms with van der Waals surface area (Å²) in [4.78, 5) is 97.6. The van der Waals surface area contributed by atoms with Crippen molar-refractivity contribution in [1.29, 1.82) is 0 Å². The quantitative estimate of drug-likeness (QED) is 0.0272. The van der Waals surface area contributed by atoms with Gasteiger partial charge in [0.05, 0.1) is 96.2 Å². The minimum atomic E-state index is -2.35. The number of carboxylic acids is 8. The topological polar surface area (TPSA) is 770 Å². The second kappa shape index (κ2) is 54.1. The fraction of sp³-hybridized carbons (Fsp3) is 0.900. The smallest absolute Gasteiger partial charge is 0.307 e. The minimum absolute atomic E-state index is 0.179. The van der Waals surface area contributed by atoms with E-state index in [0.29, 0.717) is 0 Å². The Morgan fingerprint density at radius 3 is 0.338 bits per heavy atom. The van der Waals surface area contributed by atoms with Gasteiger partial charge in [0.2, 0.25) is 0 Å². The maximum atomic E-state index is 12.4. The zero-order valence-electron chi connectivity index (χ0n) is 74.8. The first-order valence-corrected chi connectivity index (χ1v) is 53.1. The van der Waals surface area contributed by atoms with E-state index >= 15 is 0 Å². The van der Waals surface area contributed by atoms with E-state index in [2.05, 4.69) is 0 Å². The molecule has 8 unspecified atom stereocenters. The van der Waals surface area contributed by atoms with Gasteiger partial charge in [-0.15, -0.1) is 0 Å². The Hall–Kier alpha value is -2.72. The van der Waals surface area contributed by atoms with Crippen molar-refractivity contribution in [2.75, 3.05) is 92.0 Å². The summed E-state index contributed by atoms with van der Waals surface area (Å²) in [7, 11) is 0. The number of thioether (sulfide) groups is 8. The molecule has 48 nitrogen and oxygen atoms in total. The highest BCUT2D eigenvalue weighted by Crippen LogP contribution is 2.44. The molecule has 0 aromatic carbocycles. The Morgan fingerprint density at radius 1 is 0.169 bits per heavy atom. The summed E-state index contributed by atoms with van der Waals surface area (Å²) in [6.45, 7) is 10.8. The summed E-state index contributed by atoms with van der Waals surface area (Å²) in [6, 6.07) is 0. The molecule has 136 heavy (non-hydrogen) atoms. The van der Waals surface area contributed by atoms with Crippen LogP contribution in [0.3, 0.4) is 0 Å². The van der Waals surface area contributed by atoms with Crippen molar-refractivity contribution in [1.82, 2.24) is 0 Å². The second-order valence-electron chi connectivity index (χ2n) is 35.2. The third kappa shape index (κ3) is 30.7. The number of carbonyl (C=O) groups is 8. The van der Waals surface area contributed by atoms with Gasteiger partial charge >= 0.3 is 47.8 Å². The molecule has 0 spiro atoms. The van der Waals surface area contributed by atoms with Gasteiger partial charge in [0, 0.05) is 92.0 Å². The summed E-state index contributed by atoms with van der Waals surface area (Å²) >= 11 is 7.10. The molecule has 0 saturated carbocycles. The summed E-state index contributed by atoms with van der Waals surface area (Å²) in [5.41, 5.74) is 0. The fourth-order valence-corrected chi connectivity index (χ4v) is 24.3. The zero-order chi connectivity index (χ0) is 101. The molecule has 16 bridgehead atoms. The molecule has 30 rings (SSSR count). The molecule has 30 heterocycles. The lowest BCUT2D eigenvalue weighted by Crippen LogP contribution is -2.69. The van der Waals surface area contributed by atoms with Crippen LogP contribution in [-0.4, -0.2) is 508 Å². The van der Waals surface area contributed by atoms with Gasteiger partial charge in [-0.1, -0.05) is 55.4 Å². The van der Waals surface area contributed by atoms with Crippen LogP contribution in [0.15, 0.2) is 0 Å². The van der Waals surface area contributed by atoms with E-state index in [1.54, 1.807) is 0 Å². The van der Waals surface area contributed by atoms with Crippen LogP contribution in [0.1, 0.15) is 55.4 Å². The number of aliphatic hydroxyl groups is 16. The van der Waals surface area contributed by atoms with Crippen LogP contribution >= 0.6 is 94.1 Å². The highest BCUT2D eigenvalue weighted by atomic mass is 32.2. The molecule has 784 valence electrons. The molecule has 24 N–H and O–H groups in total. The van der Waals surface area contributed by atoms with E-state index in [-0.39, 0.29) is 46.0 Å². The number of ether oxygens (including phenoxy) is 16. The van der Waals surface area contributed by atoms with Crippen molar-refractivity contribution in [2.45, 2.75) is 301 Å². The number of aliphatic carboxylic acids is 8. The molecular weight excluding hydrogens is 1990 g/mol. The monoisotopic (exact) mass is 2110 g/mol. The normalized spacial score (nSPS) is 41.7. The number of aliphatic hydroxyl groups excluding tert-OH is 16. The van der Waals surface area contributed by atoms with Gasteiger partial charge < -0.3 is 198 Å². The van der Waals surface area contributed by atoms with Crippen LogP contribution in [-0.2, 0) is 114 Å². The molecule has 30 aliphatic rings. The molecule has 30 fully saturated rings. The highest BCUT2D eigenvalue weighted by molar-refractivity contribution is 8.00. The van der Waals surface area contributed by atoms with Crippen molar-refractivity contribution >= 4 is 142 Å². The molecule has 30 saturated heterocycles. The second-order valence-corrected chi connectivity index (χ2v) is 43.8. The van der Waals surface area contributed by atoms with Gasteiger partial charge in [-0.2, -0.15) is 94.1 Å². The average Bonchev–Trinajstić information content (AvgIpc) is 0.762. The van der Waals surface area contributed by atoms with Gasteiger partial charge in [0.15, 0.2) is 50.3 Å². The Bertz CT molecular complexity index is 3080. The zero-order valence-corrected chi connectivity index (χ0v) is 81.4. The van der Waals surface area contributed by atoms with E-state index < -0.39 is 387 Å². The molecule has 0 aliphatic carbocycles. The average molecular weight is 2110 g/mol. The van der Waals surface area contributed by atoms with Gasteiger partial charge in [0.25, 0.3) is 0 Å². The Labute approximate surface area is 814 Å². The van der Waals surface area contributed by atoms with Gasteiger partial charge in [-0.3, -0.25) is 38.4 Å². The van der Waals surface area contributed by atoms with Crippen molar-refractivity contribution in [3.8, 4) is 0 Å². The van der Waals surface area contributed by atoms with Crippen molar-refractivity contribution in [3.05, 3.63) is 0 Å². The predicted octanol–water partition coefficient (Wildman–Crippen LogP) is -5.71. The van der Waals surface area contributed by atoms with Crippen LogP contribution < -0.4 is 0 Å². The van der Waals surface area contributed by atoms with E-state index in [1.165, 1.54) is 55.4 Å². The molecular formula is C80H128O48S8. The van der Waals surface area contributed by atoms with Crippen molar-refractivity contribution in [3.63, 3.8) is 0 Å². The molecule has 30 aliphatic heterocycles. The summed E-state index contributed by atoms with van der Waals surface area (Å²) < 4.78 is 102. The molecule has 0 amide bonds. The van der Waals surface area contributed by atoms with E-state index in [4.69, 9.17) is 75.8 Å². The largest absolute Gasteiger partial charge is 0.481 e. The van der Waals surface area contributed by atoms with E-state index in [1.807, 2.05) is 0 Å². The Kier molecular flexibility index (Phi) is 46.5. The van der Waals surface area contributed by atoms with E-state index in [9.17, 15) is 161 Å². The summed E-state index contributed by atoms with van der Waals surface area (Å²) in [5, 5.41) is 277. The lowest BCUT2D eigenvalue weighted by Gasteiger charge is -2.51. The third-order valence-electron chi connectivity index (χ3n) is 24.0. The van der Waals surface area contributed by atoms with Crippen LogP contribution in [0.2, 0.25) is 0 Å². The highest BCUT2D eigenvalue weighted by Gasteiger charge is 2.61. The number of hydrogen-bond donors (Lipinski definition) is 24. The summed E-state index contributed by atoms with van der Waals surface area (Å²) in [5.74, 6) is -23.2. The molecule has 48 atom stereocenters. The van der Waals surface area contributed by atoms with Crippen LogP contribution in [0, 0.1) is 47.3 Å². The van der Waals surface area contributed by atoms with Crippen LogP contribution in [0.25, 0.3) is 0 Å². The SMILES string of the molecule is CC(CSC[C@@H]1O[C@@H]2O[C@H]3[C@H](O)[C@@H](O)[C@@H](O[C@H]4[C@H](O)[C@@H](O)[C@@H](O[C@H]5[C@H](O)[C@@H](O)[C@@H](O[C@H]6[C@H](O)[C@@H](O)[C@@H](O[C@H]7[C@H](O)[C@H](O)[C@@H](O[C@H]8[C@H](O)[C@@H](O)[C@@H](O[C@H]9[C@H](O)[C@@H](O)[C@@H](O[C@H]1[C@H](O)[C@H]2O)O[C@H]9CSCC(C)C(=O)O)O[C@@H]8CSCC(C)C(=O)O)O[C@@H]7CSCC(C)C(=O)O)O[C@@H]6CSCC(C)C(=O)O)O[C@@H]5CSCC(C)C(=O)O)O[C@@H]4CSCC(C)C(=O)O)O[C@H]3CSCC(C)C(=O)O)C(=O)O. The van der Waals surface area contributed by atoms with Gasteiger partial charge in [-0.05, 0) is 0 Å². The summed E-state index contributed by atoms with van der Waals surface area (Å²) in [6.07, 6.45) is -83.1. The fourth-order valence-electron chi connectivity index (χ4n) is 15.3. The van der Waals surface area contributed by atoms with E-state index in [0.717, 1.165) is 94.1 Å². The number of carboxylic acid groups (broad SMARTS) is 8.